The van der Waals surface area contributed by atoms with Crippen LogP contribution in [-0.2, 0) is 6.42 Å². The molecule has 5 heteroatoms. The standard InChI is InChI=1S/C19H30N2O3/c1-4-6-16-7-8-18(19(13-16)23-3)24-15-17(22)14-21-11-9-20(5-2)10-12-21/h4,7-8,13,17,22H,1,5-6,9-12,14-15H2,2-3H3/p+2/t17-/m0/s1. The molecule has 5 nitrogen and oxygen atoms in total. The van der Waals surface area contributed by atoms with Crippen LogP contribution in [0.4, 0.5) is 0 Å². The number of rotatable bonds is 9. The van der Waals surface area contributed by atoms with E-state index in [2.05, 4.69) is 13.5 Å². The molecule has 1 aliphatic heterocycles. The topological polar surface area (TPSA) is 47.6 Å². The number of methoxy groups -OCH3 is 1. The molecular weight excluding hydrogens is 304 g/mol. The van der Waals surface area contributed by atoms with Crippen molar-refractivity contribution in [2.24, 2.45) is 0 Å². The van der Waals surface area contributed by atoms with Gasteiger partial charge in [0, 0.05) is 0 Å². The molecule has 0 aromatic heterocycles. The Bertz CT molecular complexity index is 513. The molecule has 24 heavy (non-hydrogen) atoms. The lowest BCUT2D eigenvalue weighted by Crippen LogP contribution is -3.28. The van der Waals surface area contributed by atoms with Gasteiger partial charge in [0.1, 0.15) is 45.4 Å². The highest BCUT2D eigenvalue weighted by atomic mass is 16.5. The molecule has 0 unspecified atom stereocenters. The van der Waals surface area contributed by atoms with Gasteiger partial charge in [0.05, 0.1) is 13.7 Å². The van der Waals surface area contributed by atoms with E-state index in [0.29, 0.717) is 18.1 Å². The highest BCUT2D eigenvalue weighted by molar-refractivity contribution is 5.43. The molecule has 134 valence electrons. The van der Waals surface area contributed by atoms with Crippen LogP contribution in [-0.4, -0.2) is 64.2 Å². The number of ether oxygens (including phenoxy) is 2. The lowest BCUT2D eigenvalue weighted by Gasteiger charge is -2.30. The number of benzene rings is 1. The third-order valence-corrected chi connectivity index (χ3v) is 4.73. The molecule has 0 amide bonds. The fourth-order valence-corrected chi connectivity index (χ4v) is 3.22. The monoisotopic (exact) mass is 336 g/mol. The van der Waals surface area contributed by atoms with Gasteiger partial charge in [-0.05, 0) is 31.0 Å². The van der Waals surface area contributed by atoms with Gasteiger partial charge in [-0.3, -0.25) is 0 Å². The average Bonchev–Trinajstić information content (AvgIpc) is 2.61. The number of nitrogens with one attached hydrogen (secondary N) is 2. The smallest absolute Gasteiger partial charge is 0.161 e. The zero-order valence-electron chi connectivity index (χ0n) is 15.0. The predicted molar refractivity (Wildman–Crippen MR) is 95.2 cm³/mol. The van der Waals surface area contributed by atoms with E-state index in [9.17, 15) is 5.11 Å². The maximum Gasteiger partial charge on any atom is 0.161 e. The molecule has 2 rings (SSSR count). The number of allylic oxidation sites excluding steroid dienone is 1. The lowest BCUT2D eigenvalue weighted by atomic mass is 10.1. The van der Waals surface area contributed by atoms with Gasteiger partial charge in [-0.2, -0.15) is 0 Å². The Hall–Kier alpha value is -1.56. The minimum absolute atomic E-state index is 0.297. The zero-order chi connectivity index (χ0) is 17.4. The quantitative estimate of drug-likeness (QED) is 0.505. The minimum Gasteiger partial charge on any atom is -0.493 e. The summed E-state index contributed by atoms with van der Waals surface area (Å²) in [5.41, 5.74) is 1.13. The first-order valence-corrected chi connectivity index (χ1v) is 8.92. The number of hydrogen-bond donors (Lipinski definition) is 3. The maximum absolute atomic E-state index is 10.3. The van der Waals surface area contributed by atoms with E-state index < -0.39 is 6.10 Å². The van der Waals surface area contributed by atoms with E-state index in [1.165, 1.54) is 24.5 Å². The summed E-state index contributed by atoms with van der Waals surface area (Å²) in [6.45, 7) is 12.9. The first-order valence-electron chi connectivity index (χ1n) is 8.92. The molecule has 1 atom stereocenters. The second-order valence-electron chi connectivity index (χ2n) is 6.50. The van der Waals surface area contributed by atoms with Crippen LogP contribution in [0.25, 0.3) is 0 Å². The normalized spacial score (nSPS) is 22.0. The van der Waals surface area contributed by atoms with Gasteiger partial charge in [-0.25, -0.2) is 0 Å². The van der Waals surface area contributed by atoms with E-state index in [1.807, 2.05) is 24.3 Å². The van der Waals surface area contributed by atoms with E-state index >= 15 is 0 Å². The molecule has 3 N–H and O–H groups in total. The zero-order valence-corrected chi connectivity index (χ0v) is 15.0. The molecule has 1 aromatic carbocycles. The third-order valence-electron chi connectivity index (χ3n) is 4.73. The van der Waals surface area contributed by atoms with Crippen LogP contribution in [0.5, 0.6) is 11.5 Å². The summed E-state index contributed by atoms with van der Waals surface area (Å²) >= 11 is 0. The van der Waals surface area contributed by atoms with Crippen molar-refractivity contribution in [2.75, 3.05) is 53.0 Å². The Morgan fingerprint density at radius 2 is 1.92 bits per heavy atom. The van der Waals surface area contributed by atoms with E-state index in [4.69, 9.17) is 9.47 Å². The summed E-state index contributed by atoms with van der Waals surface area (Å²) in [7, 11) is 1.63. The Morgan fingerprint density at radius 1 is 1.21 bits per heavy atom. The first-order chi connectivity index (χ1) is 11.7. The Labute approximate surface area is 145 Å². The van der Waals surface area contributed by atoms with Crippen LogP contribution >= 0.6 is 0 Å². The van der Waals surface area contributed by atoms with Gasteiger partial charge in [0.15, 0.2) is 11.5 Å². The van der Waals surface area contributed by atoms with Gasteiger partial charge < -0.3 is 24.4 Å². The molecule has 0 saturated carbocycles. The maximum atomic E-state index is 10.3. The molecule has 1 heterocycles. The SMILES string of the molecule is C=CCc1ccc(OC[C@@H](O)C[NH+]2CC[NH+](CC)CC2)c(OC)c1. The van der Waals surface area contributed by atoms with Crippen LogP contribution in [0.3, 0.4) is 0 Å². The molecule has 1 aromatic rings. The third kappa shape index (κ3) is 5.51. The highest BCUT2D eigenvalue weighted by Gasteiger charge is 2.24. The summed E-state index contributed by atoms with van der Waals surface area (Å²) in [4.78, 5) is 3.13. The average molecular weight is 336 g/mol. The number of aliphatic hydroxyl groups excluding tert-OH is 1. The number of quaternary nitrogens is 2. The van der Waals surface area contributed by atoms with Crippen molar-refractivity contribution in [2.45, 2.75) is 19.4 Å². The van der Waals surface area contributed by atoms with E-state index in [1.54, 1.807) is 12.0 Å². The van der Waals surface area contributed by atoms with Gasteiger partial charge in [0.25, 0.3) is 0 Å². The van der Waals surface area contributed by atoms with Gasteiger partial charge >= 0.3 is 0 Å². The van der Waals surface area contributed by atoms with Crippen LogP contribution in [0.1, 0.15) is 12.5 Å². The van der Waals surface area contributed by atoms with Gasteiger partial charge in [0.2, 0.25) is 0 Å². The summed E-state index contributed by atoms with van der Waals surface area (Å²) in [5, 5.41) is 10.3. The summed E-state index contributed by atoms with van der Waals surface area (Å²) in [5.74, 6) is 1.38. The largest absolute Gasteiger partial charge is 0.493 e. The summed E-state index contributed by atoms with van der Waals surface area (Å²) in [6, 6.07) is 5.87. The van der Waals surface area contributed by atoms with Crippen molar-refractivity contribution in [3.63, 3.8) is 0 Å². The second kappa shape index (κ2) is 9.67. The number of hydrogen-bond acceptors (Lipinski definition) is 3. The van der Waals surface area contributed by atoms with Gasteiger partial charge in [-0.15, -0.1) is 6.58 Å². The van der Waals surface area contributed by atoms with Crippen LogP contribution in [0.15, 0.2) is 30.9 Å². The Kier molecular flexibility index (Phi) is 7.56. The minimum atomic E-state index is -0.458. The number of piperazine rings is 1. The second-order valence-corrected chi connectivity index (χ2v) is 6.50. The van der Waals surface area contributed by atoms with Crippen molar-refractivity contribution >= 4 is 0 Å². The molecule has 1 fully saturated rings. The molecular formula is C19H32N2O3+2. The molecule has 1 aliphatic rings. The van der Waals surface area contributed by atoms with Crippen molar-refractivity contribution in [1.29, 1.82) is 0 Å². The highest BCUT2D eigenvalue weighted by Crippen LogP contribution is 2.28. The van der Waals surface area contributed by atoms with Crippen molar-refractivity contribution in [1.82, 2.24) is 0 Å². The summed E-state index contributed by atoms with van der Waals surface area (Å²) < 4.78 is 11.2. The predicted octanol–water partition coefficient (Wildman–Crippen LogP) is -1.03. The van der Waals surface area contributed by atoms with Crippen LogP contribution in [0.2, 0.25) is 0 Å². The first kappa shape index (κ1) is 18.8. The van der Waals surface area contributed by atoms with Crippen molar-refractivity contribution < 1.29 is 24.4 Å². The number of likely N-dealkylation sites (N-methyl/N-ethyl adjacent to an activating group) is 1. The molecule has 0 spiro atoms. The van der Waals surface area contributed by atoms with Crippen molar-refractivity contribution in [3.05, 3.63) is 36.4 Å². The number of aliphatic hydroxyl groups is 1. The lowest BCUT2D eigenvalue weighted by molar-refractivity contribution is -1.01. The molecule has 0 radical (unpaired) electrons. The molecule has 0 aliphatic carbocycles. The van der Waals surface area contributed by atoms with Gasteiger partial charge in [-0.1, -0.05) is 12.1 Å². The fraction of sp³-hybridized carbons (Fsp3) is 0.579. The van der Waals surface area contributed by atoms with E-state index in [-0.39, 0.29) is 0 Å². The van der Waals surface area contributed by atoms with Crippen LogP contribution in [0, 0.1) is 0 Å². The van der Waals surface area contributed by atoms with E-state index in [0.717, 1.165) is 31.6 Å². The Balaban J connectivity index is 1.81. The molecule has 1 saturated heterocycles. The van der Waals surface area contributed by atoms with Crippen LogP contribution < -0.4 is 19.3 Å². The van der Waals surface area contributed by atoms with Crippen molar-refractivity contribution in [3.8, 4) is 11.5 Å². The fourth-order valence-electron chi connectivity index (χ4n) is 3.22. The summed E-state index contributed by atoms with van der Waals surface area (Å²) in [6.07, 6.45) is 2.21. The molecule has 0 bridgehead atoms. The Morgan fingerprint density at radius 3 is 2.54 bits per heavy atom.